The zero-order chi connectivity index (χ0) is 26.0. The summed E-state index contributed by atoms with van der Waals surface area (Å²) < 4.78 is 5.40. The van der Waals surface area contributed by atoms with Crippen LogP contribution in [0.5, 0.6) is 5.75 Å². The second kappa shape index (κ2) is 12.7. The molecule has 8 heteroatoms. The van der Waals surface area contributed by atoms with Crippen LogP contribution >= 0.6 is 23.1 Å². The highest BCUT2D eigenvalue weighted by atomic mass is 32.2. The normalized spacial score (nSPS) is 11.0. The Hall–Kier alpha value is -4.14. The van der Waals surface area contributed by atoms with Crippen molar-refractivity contribution < 1.29 is 19.1 Å². The van der Waals surface area contributed by atoms with Crippen molar-refractivity contribution in [2.45, 2.75) is 4.90 Å². The van der Waals surface area contributed by atoms with Gasteiger partial charge in [-0.05, 0) is 53.9 Å². The summed E-state index contributed by atoms with van der Waals surface area (Å²) in [6.07, 6.45) is 1.58. The zero-order valence-corrected chi connectivity index (χ0v) is 21.6. The highest BCUT2D eigenvalue weighted by molar-refractivity contribution is 8.00. The second-order valence-corrected chi connectivity index (χ2v) is 9.79. The van der Waals surface area contributed by atoms with Crippen molar-refractivity contribution >= 4 is 52.5 Å². The first kappa shape index (κ1) is 25.9. The number of carbonyl (C=O) groups excluding carboxylic acids is 3. The van der Waals surface area contributed by atoms with Crippen LogP contribution in [0.25, 0.3) is 6.08 Å². The minimum atomic E-state index is -0.494. The maximum atomic E-state index is 13.3. The van der Waals surface area contributed by atoms with E-state index in [2.05, 4.69) is 10.6 Å². The standard InChI is InChI=1S/C29H24N2O4S2/c1-35-26-14-6-5-11-21(26)17-24(31-28(33)20-9-3-2-4-10-20)29(34)30-22-12-7-13-23(18-22)37-19-25(32)27-15-8-16-36-27/h2-18H,19H2,1H3,(H,30,34)(H,31,33)/b24-17-. The fraction of sp³-hybridized carbons (Fsp3) is 0.0690. The molecule has 6 nitrogen and oxygen atoms in total. The van der Waals surface area contributed by atoms with E-state index in [0.29, 0.717) is 28.3 Å². The molecule has 37 heavy (non-hydrogen) atoms. The second-order valence-electron chi connectivity index (χ2n) is 7.79. The van der Waals surface area contributed by atoms with E-state index in [1.807, 2.05) is 41.8 Å². The van der Waals surface area contributed by atoms with Crippen molar-refractivity contribution in [3.8, 4) is 5.75 Å². The van der Waals surface area contributed by atoms with Crippen LogP contribution in [-0.2, 0) is 4.79 Å². The molecule has 0 bridgehead atoms. The number of nitrogens with one attached hydrogen (secondary N) is 2. The van der Waals surface area contributed by atoms with E-state index >= 15 is 0 Å². The summed E-state index contributed by atoms with van der Waals surface area (Å²) >= 11 is 2.81. The van der Waals surface area contributed by atoms with Gasteiger partial charge >= 0.3 is 0 Å². The van der Waals surface area contributed by atoms with Crippen LogP contribution in [0.1, 0.15) is 25.6 Å². The zero-order valence-electron chi connectivity index (χ0n) is 20.0. The van der Waals surface area contributed by atoms with Crippen molar-refractivity contribution in [3.63, 3.8) is 0 Å². The van der Waals surface area contributed by atoms with E-state index in [1.165, 1.54) is 23.1 Å². The molecule has 0 saturated carbocycles. The Morgan fingerprint density at radius 2 is 1.70 bits per heavy atom. The lowest BCUT2D eigenvalue weighted by atomic mass is 10.1. The van der Waals surface area contributed by atoms with Gasteiger partial charge in [-0.1, -0.05) is 48.5 Å². The summed E-state index contributed by atoms with van der Waals surface area (Å²) in [6, 6.07) is 26.8. The smallest absolute Gasteiger partial charge is 0.272 e. The maximum absolute atomic E-state index is 13.3. The number of methoxy groups -OCH3 is 1. The van der Waals surface area contributed by atoms with Crippen LogP contribution in [0.2, 0.25) is 0 Å². The molecule has 0 aliphatic heterocycles. The molecule has 186 valence electrons. The number of hydrogen-bond donors (Lipinski definition) is 2. The first-order valence-electron chi connectivity index (χ1n) is 11.4. The monoisotopic (exact) mass is 528 g/mol. The van der Waals surface area contributed by atoms with Gasteiger partial charge in [-0.3, -0.25) is 14.4 Å². The summed E-state index contributed by atoms with van der Waals surface area (Å²) in [5, 5.41) is 7.46. The van der Waals surface area contributed by atoms with Gasteiger partial charge in [0.25, 0.3) is 11.8 Å². The molecular formula is C29H24N2O4S2. The van der Waals surface area contributed by atoms with Gasteiger partial charge in [0.1, 0.15) is 11.4 Å². The number of rotatable bonds is 10. The Balaban J connectivity index is 1.53. The number of amides is 2. The van der Waals surface area contributed by atoms with Gasteiger partial charge in [0, 0.05) is 21.7 Å². The lowest BCUT2D eigenvalue weighted by molar-refractivity contribution is -0.113. The van der Waals surface area contributed by atoms with Crippen molar-refractivity contribution in [1.82, 2.24) is 5.32 Å². The third-order valence-corrected chi connectivity index (χ3v) is 7.13. The molecule has 2 amide bonds. The fourth-order valence-corrected chi connectivity index (χ4v) is 5.00. The summed E-state index contributed by atoms with van der Waals surface area (Å²) in [5.74, 6) is 0.0141. The van der Waals surface area contributed by atoms with Gasteiger partial charge in [-0.25, -0.2) is 0 Å². The van der Waals surface area contributed by atoms with Gasteiger partial charge in [0.2, 0.25) is 0 Å². The number of hydrogen-bond acceptors (Lipinski definition) is 6. The molecule has 4 aromatic rings. The van der Waals surface area contributed by atoms with E-state index in [4.69, 9.17) is 4.74 Å². The quantitative estimate of drug-likeness (QED) is 0.147. The number of benzene rings is 3. The first-order valence-corrected chi connectivity index (χ1v) is 13.2. The van der Waals surface area contributed by atoms with E-state index in [0.717, 1.165) is 9.77 Å². The fourth-order valence-electron chi connectivity index (χ4n) is 3.40. The Morgan fingerprint density at radius 3 is 2.46 bits per heavy atom. The maximum Gasteiger partial charge on any atom is 0.272 e. The Morgan fingerprint density at radius 1 is 0.919 bits per heavy atom. The van der Waals surface area contributed by atoms with Crippen LogP contribution in [0.3, 0.4) is 0 Å². The molecule has 0 atom stereocenters. The molecule has 0 radical (unpaired) electrons. The number of thiophene rings is 1. The molecule has 0 fully saturated rings. The van der Waals surface area contributed by atoms with E-state index in [9.17, 15) is 14.4 Å². The Labute approximate surface area is 223 Å². The molecule has 1 heterocycles. The minimum Gasteiger partial charge on any atom is -0.496 e. The molecule has 0 saturated heterocycles. The molecular weight excluding hydrogens is 504 g/mol. The van der Waals surface area contributed by atoms with E-state index in [1.54, 1.807) is 67.8 Å². The molecule has 0 aliphatic carbocycles. The van der Waals surface area contributed by atoms with Crippen molar-refractivity contribution in [2.75, 3.05) is 18.2 Å². The predicted octanol–water partition coefficient (Wildman–Crippen LogP) is 6.14. The molecule has 0 aliphatic rings. The Bertz CT molecular complexity index is 1420. The summed E-state index contributed by atoms with van der Waals surface area (Å²) in [7, 11) is 1.54. The van der Waals surface area contributed by atoms with Gasteiger partial charge in [-0.2, -0.15) is 0 Å². The van der Waals surface area contributed by atoms with E-state index in [-0.39, 0.29) is 11.5 Å². The predicted molar refractivity (Wildman–Crippen MR) is 149 cm³/mol. The SMILES string of the molecule is COc1ccccc1/C=C(\NC(=O)c1ccccc1)C(=O)Nc1cccc(SCC(=O)c2cccs2)c1. The summed E-state index contributed by atoms with van der Waals surface area (Å²) in [4.78, 5) is 40.1. The van der Waals surface area contributed by atoms with Crippen molar-refractivity contribution in [2.24, 2.45) is 0 Å². The van der Waals surface area contributed by atoms with E-state index < -0.39 is 11.8 Å². The highest BCUT2D eigenvalue weighted by Gasteiger charge is 2.16. The van der Waals surface area contributed by atoms with Crippen LogP contribution in [0.4, 0.5) is 5.69 Å². The average molecular weight is 529 g/mol. The highest BCUT2D eigenvalue weighted by Crippen LogP contribution is 2.25. The van der Waals surface area contributed by atoms with Gasteiger partial charge in [0.15, 0.2) is 5.78 Å². The van der Waals surface area contributed by atoms with Crippen LogP contribution in [0, 0.1) is 0 Å². The Kier molecular flexibility index (Phi) is 8.91. The number of para-hydroxylation sites is 1. The lowest BCUT2D eigenvalue weighted by Crippen LogP contribution is -2.30. The van der Waals surface area contributed by atoms with Crippen molar-refractivity contribution in [3.05, 3.63) is 118 Å². The van der Waals surface area contributed by atoms with Crippen LogP contribution in [-0.4, -0.2) is 30.5 Å². The number of carbonyl (C=O) groups is 3. The third-order valence-electron chi connectivity index (χ3n) is 5.23. The number of Topliss-reactive ketones (excluding diaryl/α,β-unsaturated/α-hetero) is 1. The number of ether oxygens (including phenoxy) is 1. The summed E-state index contributed by atoms with van der Waals surface area (Å²) in [5.41, 5.74) is 1.66. The first-order chi connectivity index (χ1) is 18.0. The van der Waals surface area contributed by atoms with Gasteiger partial charge in [-0.15, -0.1) is 23.1 Å². The number of thioether (sulfide) groups is 1. The van der Waals surface area contributed by atoms with Crippen LogP contribution < -0.4 is 15.4 Å². The molecule has 0 unspecified atom stereocenters. The lowest BCUT2D eigenvalue weighted by Gasteiger charge is -2.13. The number of anilines is 1. The molecule has 1 aromatic heterocycles. The molecule has 3 aromatic carbocycles. The molecule has 4 rings (SSSR count). The minimum absolute atomic E-state index is 0.0556. The van der Waals surface area contributed by atoms with Gasteiger partial charge < -0.3 is 15.4 Å². The van der Waals surface area contributed by atoms with Crippen molar-refractivity contribution in [1.29, 1.82) is 0 Å². The van der Waals surface area contributed by atoms with Crippen LogP contribution in [0.15, 0.2) is 107 Å². The van der Waals surface area contributed by atoms with Gasteiger partial charge in [0.05, 0.1) is 17.7 Å². The third kappa shape index (κ3) is 7.19. The molecule has 2 N–H and O–H groups in total. The average Bonchev–Trinajstić information content (AvgIpc) is 3.47. The topological polar surface area (TPSA) is 84.5 Å². The number of ketones is 1. The largest absolute Gasteiger partial charge is 0.496 e. The molecule has 0 spiro atoms. The summed E-state index contributed by atoms with van der Waals surface area (Å²) in [6.45, 7) is 0.